The molecule has 0 bridgehead atoms. The fourth-order valence-electron chi connectivity index (χ4n) is 3.43. The molecule has 1 saturated heterocycles. The van der Waals surface area contributed by atoms with Gasteiger partial charge in [-0.05, 0) is 37.5 Å². The van der Waals surface area contributed by atoms with Gasteiger partial charge in [-0.3, -0.25) is 4.99 Å². The van der Waals surface area contributed by atoms with Crippen molar-refractivity contribution in [3.05, 3.63) is 35.9 Å². The number of aliphatic imine (C=N–C) groups is 1. The van der Waals surface area contributed by atoms with E-state index in [2.05, 4.69) is 4.99 Å². The number of nitrogens with zero attached hydrogens (tertiary/aromatic N) is 1. The van der Waals surface area contributed by atoms with Crippen molar-refractivity contribution in [2.24, 2.45) is 16.8 Å². The van der Waals surface area contributed by atoms with E-state index in [9.17, 15) is 13.5 Å². The van der Waals surface area contributed by atoms with Crippen LogP contribution in [0.5, 0.6) is 11.5 Å². The minimum absolute atomic E-state index is 0.0330. The maximum atomic E-state index is 12.2. The monoisotopic (exact) mass is 409 g/mol. The van der Waals surface area contributed by atoms with Gasteiger partial charge in [0.2, 0.25) is 0 Å². The van der Waals surface area contributed by atoms with Crippen LogP contribution in [0.3, 0.4) is 0 Å². The highest BCUT2D eigenvalue weighted by Crippen LogP contribution is 2.33. The quantitative estimate of drug-likeness (QED) is 0.673. The summed E-state index contributed by atoms with van der Waals surface area (Å²) in [6.45, 7) is 3.49. The van der Waals surface area contributed by atoms with Crippen LogP contribution < -0.4 is 4.74 Å². The fourth-order valence-corrected chi connectivity index (χ4v) is 5.04. The molecule has 2 aliphatic heterocycles. The molecule has 2 heterocycles. The van der Waals surface area contributed by atoms with E-state index in [-0.39, 0.29) is 35.3 Å². The maximum Gasteiger partial charge on any atom is 0.174 e. The van der Waals surface area contributed by atoms with E-state index in [1.807, 2.05) is 12.2 Å². The second kappa shape index (κ2) is 9.54. The minimum Gasteiger partial charge on any atom is -0.507 e. The van der Waals surface area contributed by atoms with E-state index >= 15 is 0 Å². The first kappa shape index (κ1) is 20.8. The van der Waals surface area contributed by atoms with Crippen molar-refractivity contribution >= 4 is 16.1 Å². The van der Waals surface area contributed by atoms with Crippen LogP contribution in [0.1, 0.15) is 24.9 Å². The van der Waals surface area contributed by atoms with Crippen molar-refractivity contribution in [2.45, 2.75) is 19.4 Å². The highest BCUT2D eigenvalue weighted by molar-refractivity contribution is 7.91. The molecule has 1 aromatic rings. The number of hydrogen-bond donors (Lipinski definition) is 1. The Morgan fingerprint density at radius 2 is 2.18 bits per heavy atom. The largest absolute Gasteiger partial charge is 0.507 e. The fraction of sp³-hybridized carbons (Fsp3) is 0.550. The lowest BCUT2D eigenvalue weighted by Gasteiger charge is -2.31. The number of benzene rings is 1. The predicted molar refractivity (Wildman–Crippen MR) is 107 cm³/mol. The molecule has 0 aliphatic carbocycles. The van der Waals surface area contributed by atoms with Gasteiger partial charge in [0.25, 0.3) is 0 Å². The standard InChI is InChI=1S/C20H27NO6S/c1-2-25-14-28(23,24)13-15-7-9-26-11-16(15)12-27-17-5-6-18(20(22)10-17)19-4-3-8-21-19/h3-6,8,10,15-16,19,22H,2,7,9,11-14H2,1H3. The van der Waals surface area contributed by atoms with E-state index < -0.39 is 9.84 Å². The van der Waals surface area contributed by atoms with E-state index in [0.717, 1.165) is 5.56 Å². The SMILES string of the molecule is CCOCS(=O)(=O)CC1CCOCC1COc1ccc(C2C=CC=N2)c(O)c1. The number of hydrogen-bond acceptors (Lipinski definition) is 7. The number of allylic oxidation sites excluding steroid dienone is 1. The molecule has 3 rings (SSSR count). The Labute approximate surface area is 165 Å². The van der Waals surface area contributed by atoms with E-state index in [1.54, 1.807) is 31.3 Å². The Hall–Kier alpha value is -1.90. The van der Waals surface area contributed by atoms with Crippen molar-refractivity contribution < 1.29 is 27.7 Å². The van der Waals surface area contributed by atoms with E-state index in [4.69, 9.17) is 14.2 Å². The number of rotatable bonds is 9. The maximum absolute atomic E-state index is 12.2. The third-order valence-corrected chi connectivity index (χ3v) is 6.44. The Kier molecular flexibility index (Phi) is 7.09. The Bertz CT molecular complexity index is 808. The van der Waals surface area contributed by atoms with Crippen molar-refractivity contribution in [1.29, 1.82) is 0 Å². The van der Waals surface area contributed by atoms with Crippen LogP contribution in [0.25, 0.3) is 0 Å². The smallest absolute Gasteiger partial charge is 0.174 e. The summed E-state index contributed by atoms with van der Waals surface area (Å²) in [4.78, 5) is 4.26. The molecule has 1 N–H and O–H groups in total. The van der Waals surface area contributed by atoms with E-state index in [0.29, 0.717) is 38.6 Å². The third kappa shape index (κ3) is 5.56. The zero-order valence-electron chi connectivity index (χ0n) is 16.0. The van der Waals surface area contributed by atoms with Gasteiger partial charge in [-0.1, -0.05) is 6.08 Å². The lowest BCUT2D eigenvalue weighted by molar-refractivity contribution is 0.00428. The summed E-state index contributed by atoms with van der Waals surface area (Å²) in [7, 11) is -3.27. The van der Waals surface area contributed by atoms with Crippen LogP contribution in [0.15, 0.2) is 35.3 Å². The molecular weight excluding hydrogens is 382 g/mol. The lowest BCUT2D eigenvalue weighted by Crippen LogP contribution is -2.36. The molecule has 2 aliphatic rings. The molecule has 0 saturated carbocycles. The molecule has 0 amide bonds. The summed E-state index contributed by atoms with van der Waals surface area (Å²) in [5.74, 6) is 0.414. The molecular formula is C20H27NO6S. The van der Waals surface area contributed by atoms with Crippen LogP contribution in [0, 0.1) is 11.8 Å². The number of phenolic OH excluding ortho intramolecular Hbond substituents is 1. The molecule has 3 atom stereocenters. The molecule has 8 heteroatoms. The third-order valence-electron chi connectivity index (χ3n) is 4.98. The first-order chi connectivity index (χ1) is 13.5. The van der Waals surface area contributed by atoms with Crippen molar-refractivity contribution in [3.8, 4) is 11.5 Å². The number of phenols is 1. The lowest BCUT2D eigenvalue weighted by atomic mass is 9.91. The molecule has 0 radical (unpaired) electrons. The Morgan fingerprint density at radius 1 is 1.32 bits per heavy atom. The topological polar surface area (TPSA) is 94.4 Å². The van der Waals surface area contributed by atoms with Gasteiger partial charge in [0.05, 0.1) is 25.0 Å². The first-order valence-electron chi connectivity index (χ1n) is 9.50. The van der Waals surface area contributed by atoms with Gasteiger partial charge in [0.1, 0.15) is 17.4 Å². The van der Waals surface area contributed by atoms with Crippen molar-refractivity contribution in [1.82, 2.24) is 0 Å². The molecule has 1 fully saturated rings. The zero-order valence-corrected chi connectivity index (χ0v) is 16.8. The van der Waals surface area contributed by atoms with Gasteiger partial charge in [0, 0.05) is 37.0 Å². The van der Waals surface area contributed by atoms with Crippen LogP contribution in [0.2, 0.25) is 0 Å². The summed E-state index contributed by atoms with van der Waals surface area (Å²) < 4.78 is 40.9. The van der Waals surface area contributed by atoms with Crippen molar-refractivity contribution in [3.63, 3.8) is 0 Å². The Balaban J connectivity index is 1.59. The minimum atomic E-state index is -3.27. The van der Waals surface area contributed by atoms with Gasteiger partial charge in [0.15, 0.2) is 9.84 Å². The molecule has 0 aromatic heterocycles. The molecule has 154 valence electrons. The van der Waals surface area contributed by atoms with Gasteiger partial charge in [-0.15, -0.1) is 0 Å². The second-order valence-corrected chi connectivity index (χ2v) is 9.12. The van der Waals surface area contributed by atoms with Gasteiger partial charge >= 0.3 is 0 Å². The van der Waals surface area contributed by atoms with Gasteiger partial charge in [-0.2, -0.15) is 0 Å². The molecule has 0 spiro atoms. The van der Waals surface area contributed by atoms with Crippen LogP contribution in [-0.4, -0.2) is 57.9 Å². The number of sulfone groups is 1. The molecule has 28 heavy (non-hydrogen) atoms. The molecule has 1 aromatic carbocycles. The normalized spacial score (nSPS) is 24.5. The molecule has 7 nitrogen and oxygen atoms in total. The summed E-state index contributed by atoms with van der Waals surface area (Å²) in [5.41, 5.74) is 0.721. The van der Waals surface area contributed by atoms with E-state index in [1.165, 1.54) is 0 Å². The molecule has 3 unspecified atom stereocenters. The summed E-state index contributed by atoms with van der Waals surface area (Å²) in [5, 5.41) is 10.3. The van der Waals surface area contributed by atoms with Crippen LogP contribution in [-0.2, 0) is 19.3 Å². The van der Waals surface area contributed by atoms with Gasteiger partial charge in [-0.25, -0.2) is 8.42 Å². The summed E-state index contributed by atoms with van der Waals surface area (Å²) in [6, 6.07) is 4.99. The highest BCUT2D eigenvalue weighted by atomic mass is 32.2. The number of aromatic hydroxyl groups is 1. The average molecular weight is 410 g/mol. The Morgan fingerprint density at radius 3 is 2.89 bits per heavy atom. The van der Waals surface area contributed by atoms with Crippen LogP contribution in [0.4, 0.5) is 0 Å². The average Bonchev–Trinajstić information content (AvgIpc) is 3.20. The highest BCUT2D eigenvalue weighted by Gasteiger charge is 2.31. The zero-order chi connectivity index (χ0) is 20.0. The first-order valence-corrected chi connectivity index (χ1v) is 11.3. The summed E-state index contributed by atoms with van der Waals surface area (Å²) >= 11 is 0. The number of ether oxygens (including phenoxy) is 3. The predicted octanol–water partition coefficient (Wildman–Crippen LogP) is 2.51. The van der Waals surface area contributed by atoms with Gasteiger partial charge < -0.3 is 19.3 Å². The van der Waals surface area contributed by atoms with Crippen LogP contribution >= 0.6 is 0 Å². The van der Waals surface area contributed by atoms with Crippen molar-refractivity contribution in [2.75, 3.05) is 38.1 Å². The summed E-state index contributed by atoms with van der Waals surface area (Å²) in [6.07, 6.45) is 6.13. The second-order valence-electron chi connectivity index (χ2n) is 7.06.